The molecule has 1 N–H and O–H groups in total. The summed E-state index contributed by atoms with van der Waals surface area (Å²) in [5.74, 6) is -1.98. The van der Waals surface area contributed by atoms with Gasteiger partial charge in [0.25, 0.3) is 5.91 Å². The number of carbonyl (C=O) groups excluding carboxylic acids is 2. The number of hydrogen-bond acceptors (Lipinski definition) is 5. The van der Waals surface area contributed by atoms with Gasteiger partial charge in [-0.3, -0.25) is 9.59 Å². The van der Waals surface area contributed by atoms with Crippen molar-refractivity contribution < 1.29 is 23.5 Å². The Morgan fingerprint density at radius 2 is 2.03 bits per heavy atom. The fourth-order valence-corrected chi connectivity index (χ4v) is 3.35. The number of aliphatic hydroxyl groups is 1. The molecule has 0 fully saturated rings. The number of ketones is 1. The first-order valence-corrected chi connectivity index (χ1v) is 9.29. The lowest BCUT2D eigenvalue weighted by Gasteiger charge is -2.27. The number of benzene rings is 1. The standard InChI is InChI=1S/C22H23FN2O4/c1-24(2)12-6-13-25-20(16-8-3-4-9-17(16)23)19(21(27)22(25)28)18(26)11-10-15-7-5-14-29-15/h3-5,7-11,14,20,27H,6,12-13H2,1-2H3/b11-10+. The third-order valence-electron chi connectivity index (χ3n) is 4.72. The van der Waals surface area contributed by atoms with Crippen molar-refractivity contribution in [1.29, 1.82) is 0 Å². The minimum Gasteiger partial charge on any atom is -0.503 e. The highest BCUT2D eigenvalue weighted by atomic mass is 19.1. The highest BCUT2D eigenvalue weighted by molar-refractivity contribution is 6.14. The van der Waals surface area contributed by atoms with Gasteiger partial charge in [0.2, 0.25) is 0 Å². The van der Waals surface area contributed by atoms with E-state index in [2.05, 4.69) is 0 Å². The van der Waals surface area contributed by atoms with E-state index in [0.717, 1.165) is 0 Å². The van der Waals surface area contributed by atoms with Crippen molar-refractivity contribution in [3.8, 4) is 0 Å². The first-order chi connectivity index (χ1) is 13.9. The van der Waals surface area contributed by atoms with Crippen LogP contribution in [0.3, 0.4) is 0 Å². The molecule has 6 nitrogen and oxygen atoms in total. The van der Waals surface area contributed by atoms with Crippen LogP contribution in [0.4, 0.5) is 4.39 Å². The average Bonchev–Trinajstić information content (AvgIpc) is 3.28. The molecule has 0 saturated heterocycles. The topological polar surface area (TPSA) is 74.0 Å². The van der Waals surface area contributed by atoms with Gasteiger partial charge in [-0.05, 0) is 57.4 Å². The van der Waals surface area contributed by atoms with Crippen LogP contribution < -0.4 is 0 Å². The predicted molar refractivity (Wildman–Crippen MR) is 106 cm³/mol. The molecule has 1 aromatic heterocycles. The lowest BCUT2D eigenvalue weighted by atomic mass is 9.95. The Kier molecular flexibility index (Phi) is 6.29. The third kappa shape index (κ3) is 4.46. The Balaban J connectivity index is 1.96. The SMILES string of the molecule is CN(C)CCCN1C(=O)C(O)=C(C(=O)/C=C/c2ccco2)C1c1ccccc1F. The van der Waals surface area contributed by atoms with E-state index in [1.807, 2.05) is 19.0 Å². The van der Waals surface area contributed by atoms with Crippen molar-refractivity contribution in [2.45, 2.75) is 12.5 Å². The largest absolute Gasteiger partial charge is 0.503 e. The van der Waals surface area contributed by atoms with Crippen LogP contribution in [0.25, 0.3) is 6.08 Å². The zero-order valence-electron chi connectivity index (χ0n) is 16.3. The van der Waals surface area contributed by atoms with Gasteiger partial charge < -0.3 is 19.3 Å². The van der Waals surface area contributed by atoms with Gasteiger partial charge in [0.1, 0.15) is 11.6 Å². The minimum absolute atomic E-state index is 0.132. The zero-order valence-corrected chi connectivity index (χ0v) is 16.3. The summed E-state index contributed by atoms with van der Waals surface area (Å²) in [6.45, 7) is 0.981. The number of halogens is 1. The molecule has 7 heteroatoms. The van der Waals surface area contributed by atoms with Gasteiger partial charge in [0, 0.05) is 12.1 Å². The molecule has 1 unspecified atom stereocenters. The van der Waals surface area contributed by atoms with Crippen LogP contribution in [0.5, 0.6) is 0 Å². The van der Waals surface area contributed by atoms with Crippen LogP contribution in [-0.2, 0) is 9.59 Å². The van der Waals surface area contributed by atoms with Gasteiger partial charge in [-0.15, -0.1) is 0 Å². The van der Waals surface area contributed by atoms with Crippen LogP contribution in [0, 0.1) is 5.82 Å². The minimum atomic E-state index is -0.986. The Labute approximate surface area is 168 Å². The highest BCUT2D eigenvalue weighted by Gasteiger charge is 2.43. The second-order valence-corrected chi connectivity index (χ2v) is 7.05. The van der Waals surface area contributed by atoms with Crippen LogP contribution in [-0.4, -0.2) is 53.8 Å². The molecule has 0 radical (unpaired) electrons. The van der Waals surface area contributed by atoms with Gasteiger partial charge in [-0.1, -0.05) is 18.2 Å². The van der Waals surface area contributed by atoms with Gasteiger partial charge in [-0.25, -0.2) is 4.39 Å². The number of furan rings is 1. The number of carbonyl (C=O) groups is 2. The number of nitrogens with zero attached hydrogens (tertiary/aromatic N) is 2. The van der Waals surface area contributed by atoms with Gasteiger partial charge in [-0.2, -0.15) is 0 Å². The smallest absolute Gasteiger partial charge is 0.290 e. The molecule has 1 aliphatic rings. The summed E-state index contributed by atoms with van der Waals surface area (Å²) in [7, 11) is 3.81. The molecule has 0 saturated carbocycles. The monoisotopic (exact) mass is 398 g/mol. The van der Waals surface area contributed by atoms with Gasteiger partial charge in [0.05, 0.1) is 17.9 Å². The number of rotatable bonds is 8. The lowest BCUT2D eigenvalue weighted by Crippen LogP contribution is -2.33. The molecule has 0 aliphatic carbocycles. The summed E-state index contributed by atoms with van der Waals surface area (Å²) < 4.78 is 19.7. The van der Waals surface area contributed by atoms with Crippen molar-refractivity contribution in [2.24, 2.45) is 0 Å². The van der Waals surface area contributed by atoms with Gasteiger partial charge in [0.15, 0.2) is 11.5 Å². The average molecular weight is 398 g/mol. The van der Waals surface area contributed by atoms with Crippen LogP contribution >= 0.6 is 0 Å². The maximum atomic E-state index is 14.6. The maximum absolute atomic E-state index is 14.6. The summed E-state index contributed by atoms with van der Waals surface area (Å²) in [5.41, 5.74) is 0.0391. The molecule has 152 valence electrons. The Bertz CT molecular complexity index is 947. The molecule has 2 heterocycles. The molecule has 1 aromatic carbocycles. The molecule has 2 aromatic rings. The third-order valence-corrected chi connectivity index (χ3v) is 4.72. The van der Waals surface area contributed by atoms with Crippen LogP contribution in [0.1, 0.15) is 23.8 Å². The van der Waals surface area contributed by atoms with Crippen molar-refractivity contribution in [3.05, 3.63) is 77.2 Å². The Hall–Kier alpha value is -3.19. The summed E-state index contributed by atoms with van der Waals surface area (Å²) >= 11 is 0. The normalized spacial score (nSPS) is 17.2. The molecule has 3 rings (SSSR count). The zero-order chi connectivity index (χ0) is 21.0. The predicted octanol–water partition coefficient (Wildman–Crippen LogP) is 3.35. The second-order valence-electron chi connectivity index (χ2n) is 7.05. The van der Waals surface area contributed by atoms with Crippen molar-refractivity contribution >= 4 is 17.8 Å². The van der Waals surface area contributed by atoms with Crippen LogP contribution in [0.2, 0.25) is 0 Å². The molecule has 0 bridgehead atoms. The molecule has 1 aliphatic heterocycles. The fraction of sp³-hybridized carbons (Fsp3) is 0.273. The van der Waals surface area contributed by atoms with E-state index in [-0.39, 0.29) is 17.7 Å². The highest BCUT2D eigenvalue weighted by Crippen LogP contribution is 2.39. The van der Waals surface area contributed by atoms with E-state index in [0.29, 0.717) is 18.7 Å². The molecule has 0 spiro atoms. The molecular weight excluding hydrogens is 375 g/mol. The van der Waals surface area contributed by atoms with E-state index in [1.165, 1.54) is 41.5 Å². The summed E-state index contributed by atoms with van der Waals surface area (Å²) in [5, 5.41) is 10.5. The van der Waals surface area contributed by atoms with E-state index >= 15 is 0 Å². The molecule has 29 heavy (non-hydrogen) atoms. The number of hydrogen-bond donors (Lipinski definition) is 1. The fourth-order valence-electron chi connectivity index (χ4n) is 3.35. The molecule has 1 atom stereocenters. The Morgan fingerprint density at radius 1 is 1.28 bits per heavy atom. The summed E-state index contributed by atoms with van der Waals surface area (Å²) in [6.07, 6.45) is 4.74. The van der Waals surface area contributed by atoms with Crippen LogP contribution in [0.15, 0.2) is 64.5 Å². The molecular formula is C22H23FN2O4. The number of amides is 1. The van der Waals surface area contributed by atoms with E-state index < -0.39 is 29.3 Å². The Morgan fingerprint density at radius 3 is 2.69 bits per heavy atom. The first kappa shape index (κ1) is 20.5. The van der Waals surface area contributed by atoms with Gasteiger partial charge >= 0.3 is 0 Å². The van der Waals surface area contributed by atoms with E-state index in [4.69, 9.17) is 4.42 Å². The summed E-state index contributed by atoms with van der Waals surface area (Å²) in [4.78, 5) is 28.9. The van der Waals surface area contributed by atoms with Crippen molar-refractivity contribution in [3.63, 3.8) is 0 Å². The maximum Gasteiger partial charge on any atom is 0.290 e. The first-order valence-electron chi connectivity index (χ1n) is 9.29. The molecule has 1 amide bonds. The number of allylic oxidation sites excluding steroid dienone is 1. The van der Waals surface area contributed by atoms with E-state index in [1.54, 1.807) is 18.2 Å². The summed E-state index contributed by atoms with van der Waals surface area (Å²) in [6, 6.07) is 8.32. The van der Waals surface area contributed by atoms with E-state index in [9.17, 15) is 19.1 Å². The second kappa shape index (κ2) is 8.87. The lowest BCUT2D eigenvalue weighted by molar-refractivity contribution is -0.129. The number of aliphatic hydroxyl groups excluding tert-OH is 1. The van der Waals surface area contributed by atoms with Crippen molar-refractivity contribution in [2.75, 3.05) is 27.2 Å². The van der Waals surface area contributed by atoms with Crippen molar-refractivity contribution in [1.82, 2.24) is 9.80 Å². The quantitative estimate of drug-likeness (QED) is 0.691.